The van der Waals surface area contributed by atoms with Crippen molar-refractivity contribution in [1.82, 2.24) is 20.2 Å². The second kappa shape index (κ2) is 6.97. The topological polar surface area (TPSA) is 88.2 Å². The lowest BCUT2D eigenvalue weighted by atomic mass is 10.1. The van der Waals surface area contributed by atoms with Gasteiger partial charge in [0, 0.05) is 24.2 Å². The molecule has 1 aliphatic heterocycles. The van der Waals surface area contributed by atoms with Crippen molar-refractivity contribution >= 4 is 28.4 Å². The highest BCUT2D eigenvalue weighted by Crippen LogP contribution is 2.32. The molecule has 1 aliphatic rings. The third kappa shape index (κ3) is 3.18. The van der Waals surface area contributed by atoms with Gasteiger partial charge in [-0.3, -0.25) is 5.10 Å². The molecule has 0 bridgehead atoms. The maximum Gasteiger partial charge on any atom is 0.228 e. The number of rotatable bonds is 5. The van der Waals surface area contributed by atoms with E-state index in [4.69, 9.17) is 14.5 Å². The number of hydrogen-bond donors (Lipinski definition) is 2. The average Bonchev–Trinajstić information content (AvgIpc) is 3.39. The van der Waals surface area contributed by atoms with Crippen molar-refractivity contribution < 1.29 is 9.47 Å². The van der Waals surface area contributed by atoms with E-state index in [1.54, 1.807) is 26.6 Å². The number of H-pyrrole nitrogens is 1. The molecule has 0 aliphatic carbocycles. The highest BCUT2D eigenvalue weighted by molar-refractivity contribution is 5.83. The maximum absolute atomic E-state index is 5.46. The van der Waals surface area contributed by atoms with Gasteiger partial charge in [0.1, 0.15) is 5.75 Å². The Balaban J connectivity index is 1.43. The van der Waals surface area contributed by atoms with Crippen LogP contribution in [0.25, 0.3) is 10.9 Å². The van der Waals surface area contributed by atoms with Crippen LogP contribution in [0.4, 0.5) is 17.5 Å². The molecule has 8 heteroatoms. The minimum atomic E-state index is 0.583. The second-order valence-corrected chi connectivity index (χ2v) is 6.87. The summed E-state index contributed by atoms with van der Waals surface area (Å²) in [5, 5.41) is 11.4. The van der Waals surface area contributed by atoms with Crippen LogP contribution in [0, 0.1) is 0 Å². The summed E-state index contributed by atoms with van der Waals surface area (Å²) >= 11 is 0. The van der Waals surface area contributed by atoms with E-state index < -0.39 is 0 Å². The molecule has 146 valence electrons. The van der Waals surface area contributed by atoms with E-state index in [-0.39, 0.29) is 0 Å². The van der Waals surface area contributed by atoms with Crippen molar-refractivity contribution in [3.8, 4) is 11.5 Å². The fourth-order valence-corrected chi connectivity index (χ4v) is 3.55. The first-order valence-electron chi connectivity index (χ1n) is 9.25. The Labute approximate surface area is 167 Å². The molecule has 0 spiro atoms. The summed E-state index contributed by atoms with van der Waals surface area (Å²) in [5.74, 6) is 2.71. The van der Waals surface area contributed by atoms with E-state index >= 15 is 0 Å². The number of methoxy groups -OCH3 is 2. The van der Waals surface area contributed by atoms with E-state index in [1.165, 1.54) is 11.1 Å². The predicted molar refractivity (Wildman–Crippen MR) is 111 cm³/mol. The van der Waals surface area contributed by atoms with Gasteiger partial charge in [0.25, 0.3) is 0 Å². The molecule has 0 radical (unpaired) electrons. The Morgan fingerprint density at radius 1 is 1.00 bits per heavy atom. The molecule has 5 rings (SSSR count). The molecule has 0 amide bonds. The van der Waals surface area contributed by atoms with Gasteiger partial charge >= 0.3 is 0 Å². The zero-order valence-electron chi connectivity index (χ0n) is 16.1. The van der Waals surface area contributed by atoms with Crippen LogP contribution in [0.2, 0.25) is 0 Å². The van der Waals surface area contributed by atoms with Gasteiger partial charge in [-0.05, 0) is 41.5 Å². The van der Waals surface area contributed by atoms with Gasteiger partial charge in [0.2, 0.25) is 5.95 Å². The molecule has 3 heterocycles. The van der Waals surface area contributed by atoms with E-state index in [0.29, 0.717) is 17.5 Å². The first kappa shape index (κ1) is 17.3. The normalized spacial score (nSPS) is 12.8. The quantitative estimate of drug-likeness (QED) is 0.540. The zero-order chi connectivity index (χ0) is 19.8. The molecular formula is C21H20N6O2. The molecule has 0 atom stereocenters. The number of aromatic nitrogens is 4. The molecule has 8 nitrogen and oxygen atoms in total. The molecule has 2 aromatic heterocycles. The van der Waals surface area contributed by atoms with Crippen molar-refractivity contribution in [3.63, 3.8) is 0 Å². The molecule has 0 fully saturated rings. The van der Waals surface area contributed by atoms with E-state index in [9.17, 15) is 0 Å². The third-order valence-electron chi connectivity index (χ3n) is 5.08. The van der Waals surface area contributed by atoms with Gasteiger partial charge in [-0.2, -0.15) is 10.1 Å². The number of fused-ring (bicyclic) bond motifs is 2. The van der Waals surface area contributed by atoms with Crippen LogP contribution < -0.4 is 19.7 Å². The fraction of sp³-hybridized carbons (Fsp3) is 0.190. The number of nitrogens with zero attached hydrogens (tertiary/aromatic N) is 4. The summed E-state index contributed by atoms with van der Waals surface area (Å²) in [4.78, 5) is 11.4. The van der Waals surface area contributed by atoms with Crippen LogP contribution >= 0.6 is 0 Å². The van der Waals surface area contributed by atoms with Crippen LogP contribution in [0.15, 0.2) is 48.8 Å². The van der Waals surface area contributed by atoms with Crippen molar-refractivity contribution in [2.24, 2.45) is 0 Å². The largest absolute Gasteiger partial charge is 0.497 e. The third-order valence-corrected chi connectivity index (χ3v) is 5.08. The summed E-state index contributed by atoms with van der Waals surface area (Å²) in [5.41, 5.74) is 4.36. The van der Waals surface area contributed by atoms with Crippen LogP contribution in [-0.2, 0) is 13.1 Å². The molecule has 2 N–H and O–H groups in total. The molecule has 4 aromatic rings. The molecule has 0 saturated carbocycles. The lowest BCUT2D eigenvalue weighted by Crippen LogP contribution is -2.18. The summed E-state index contributed by atoms with van der Waals surface area (Å²) < 4.78 is 10.8. The average molecular weight is 388 g/mol. The van der Waals surface area contributed by atoms with Crippen molar-refractivity contribution in [1.29, 1.82) is 0 Å². The van der Waals surface area contributed by atoms with Crippen molar-refractivity contribution in [2.45, 2.75) is 13.1 Å². The number of nitrogens with one attached hydrogen (secondary N) is 2. The molecule has 0 saturated heterocycles. The smallest absolute Gasteiger partial charge is 0.228 e. The summed E-state index contributed by atoms with van der Waals surface area (Å²) in [6, 6.07) is 12.1. The van der Waals surface area contributed by atoms with Crippen LogP contribution in [-0.4, -0.2) is 34.4 Å². The Morgan fingerprint density at radius 3 is 2.76 bits per heavy atom. The SMILES string of the molecule is COc1ccc2c(c1)CN(c1ncc(OC)c(Nc3ccc4[nH]ncc4c3)n1)C2. The summed E-state index contributed by atoms with van der Waals surface area (Å²) in [6.07, 6.45) is 3.49. The standard InChI is InChI=1S/C21H20N6O2/c1-28-17-5-3-13-11-27(12-15(13)8-17)21-22-10-19(29-2)20(25-21)24-16-4-6-18-14(7-16)9-23-26-18/h3-10H,11-12H2,1-2H3,(H,23,26)(H,22,24,25). The minimum absolute atomic E-state index is 0.583. The fourth-order valence-electron chi connectivity index (χ4n) is 3.55. The Morgan fingerprint density at radius 2 is 1.90 bits per heavy atom. The molecule has 0 unspecified atom stereocenters. The number of hydrogen-bond acceptors (Lipinski definition) is 7. The highest BCUT2D eigenvalue weighted by Gasteiger charge is 2.23. The van der Waals surface area contributed by atoms with E-state index in [2.05, 4.69) is 37.5 Å². The van der Waals surface area contributed by atoms with Crippen LogP contribution in [0.1, 0.15) is 11.1 Å². The molecule has 29 heavy (non-hydrogen) atoms. The Kier molecular flexibility index (Phi) is 4.16. The monoisotopic (exact) mass is 388 g/mol. The van der Waals surface area contributed by atoms with Gasteiger partial charge in [0.15, 0.2) is 11.6 Å². The van der Waals surface area contributed by atoms with Gasteiger partial charge in [-0.1, -0.05) is 6.07 Å². The lowest BCUT2D eigenvalue weighted by Gasteiger charge is -2.17. The number of benzene rings is 2. The minimum Gasteiger partial charge on any atom is -0.497 e. The summed E-state index contributed by atoms with van der Waals surface area (Å²) in [7, 11) is 3.29. The van der Waals surface area contributed by atoms with Crippen molar-refractivity contribution in [3.05, 3.63) is 59.9 Å². The van der Waals surface area contributed by atoms with E-state index in [1.807, 2.05) is 24.3 Å². The second-order valence-electron chi connectivity index (χ2n) is 6.87. The van der Waals surface area contributed by atoms with Crippen LogP contribution in [0.5, 0.6) is 11.5 Å². The zero-order valence-corrected chi connectivity index (χ0v) is 16.1. The van der Waals surface area contributed by atoms with Gasteiger partial charge in [0.05, 0.1) is 32.1 Å². The number of anilines is 3. The Bertz CT molecular complexity index is 1190. The number of ether oxygens (including phenoxy) is 2. The van der Waals surface area contributed by atoms with Crippen LogP contribution in [0.3, 0.4) is 0 Å². The van der Waals surface area contributed by atoms with Gasteiger partial charge in [-0.25, -0.2) is 4.98 Å². The molecular weight excluding hydrogens is 368 g/mol. The van der Waals surface area contributed by atoms with Crippen molar-refractivity contribution in [2.75, 3.05) is 24.4 Å². The van der Waals surface area contributed by atoms with E-state index in [0.717, 1.165) is 35.4 Å². The number of aromatic amines is 1. The highest BCUT2D eigenvalue weighted by atomic mass is 16.5. The summed E-state index contributed by atoms with van der Waals surface area (Å²) in [6.45, 7) is 1.49. The molecule has 2 aromatic carbocycles. The first-order valence-corrected chi connectivity index (χ1v) is 9.25. The van der Waals surface area contributed by atoms with Gasteiger partial charge in [-0.15, -0.1) is 0 Å². The predicted octanol–water partition coefficient (Wildman–Crippen LogP) is 3.63. The first-order chi connectivity index (χ1) is 14.2. The maximum atomic E-state index is 5.46. The van der Waals surface area contributed by atoms with Gasteiger partial charge < -0.3 is 19.7 Å². The lowest BCUT2D eigenvalue weighted by molar-refractivity contribution is 0.413. The Hall–Kier alpha value is -3.81.